The van der Waals surface area contributed by atoms with Crippen molar-refractivity contribution in [3.8, 4) is 0 Å². The summed E-state index contributed by atoms with van der Waals surface area (Å²) in [6.45, 7) is -0.548. The zero-order chi connectivity index (χ0) is 10.6. The quantitative estimate of drug-likeness (QED) is 0.716. The molecule has 0 aliphatic rings. The Morgan fingerprint density at radius 3 is 2.57 bits per heavy atom. The fourth-order valence-electron chi connectivity index (χ4n) is 0.841. The first-order valence-electron chi connectivity index (χ1n) is 3.81. The Labute approximate surface area is 79.5 Å². The summed E-state index contributed by atoms with van der Waals surface area (Å²) in [5.41, 5.74) is 4.53. The van der Waals surface area contributed by atoms with Gasteiger partial charge < -0.3 is 10.5 Å². The van der Waals surface area contributed by atoms with E-state index in [2.05, 4.69) is 4.74 Å². The van der Waals surface area contributed by atoms with Crippen LogP contribution in [0.4, 0.5) is 4.39 Å². The molecule has 74 valence electrons. The van der Waals surface area contributed by atoms with Gasteiger partial charge in [-0.15, -0.1) is 0 Å². The van der Waals surface area contributed by atoms with E-state index in [9.17, 15) is 14.0 Å². The van der Waals surface area contributed by atoms with Crippen LogP contribution in [0.5, 0.6) is 0 Å². The molecule has 14 heavy (non-hydrogen) atoms. The van der Waals surface area contributed by atoms with Crippen molar-refractivity contribution in [3.63, 3.8) is 0 Å². The van der Waals surface area contributed by atoms with Crippen LogP contribution < -0.4 is 5.73 Å². The maximum Gasteiger partial charge on any atom is 0.341 e. The molecule has 1 aromatic carbocycles. The fourth-order valence-corrected chi connectivity index (χ4v) is 0.841. The number of primary amides is 1. The Balaban J connectivity index is 2.70. The minimum Gasteiger partial charge on any atom is -0.452 e. The first kappa shape index (κ1) is 10.2. The Hall–Kier alpha value is -1.91. The Bertz CT molecular complexity index is 365. The lowest BCUT2D eigenvalue weighted by atomic mass is 10.2. The van der Waals surface area contributed by atoms with Gasteiger partial charge in [-0.1, -0.05) is 12.1 Å². The molecule has 1 aromatic rings. The van der Waals surface area contributed by atoms with Crippen molar-refractivity contribution in [2.45, 2.75) is 0 Å². The van der Waals surface area contributed by atoms with Crippen LogP contribution in [0.25, 0.3) is 0 Å². The largest absolute Gasteiger partial charge is 0.452 e. The molecule has 0 fully saturated rings. The maximum atomic E-state index is 12.9. The lowest BCUT2D eigenvalue weighted by molar-refractivity contribution is -0.121. The van der Waals surface area contributed by atoms with Crippen molar-refractivity contribution < 1.29 is 18.7 Å². The van der Waals surface area contributed by atoms with Crippen LogP contribution in [-0.4, -0.2) is 18.5 Å². The Morgan fingerprint density at radius 1 is 1.36 bits per heavy atom. The van der Waals surface area contributed by atoms with E-state index in [-0.39, 0.29) is 5.56 Å². The third-order valence-corrected chi connectivity index (χ3v) is 1.44. The van der Waals surface area contributed by atoms with E-state index in [4.69, 9.17) is 5.73 Å². The minimum atomic E-state index is -0.901. The van der Waals surface area contributed by atoms with Gasteiger partial charge in [-0.05, 0) is 12.1 Å². The molecule has 1 rings (SSSR count). The highest BCUT2D eigenvalue weighted by Gasteiger charge is 2.12. The van der Waals surface area contributed by atoms with Crippen molar-refractivity contribution in [3.05, 3.63) is 35.6 Å². The van der Waals surface area contributed by atoms with Gasteiger partial charge in [0.2, 0.25) is 0 Å². The molecule has 0 bridgehead atoms. The van der Waals surface area contributed by atoms with Crippen molar-refractivity contribution in [2.75, 3.05) is 6.61 Å². The molecule has 0 radical (unpaired) electrons. The normalized spacial score (nSPS) is 9.50. The van der Waals surface area contributed by atoms with Crippen molar-refractivity contribution in [1.82, 2.24) is 0 Å². The summed E-state index contributed by atoms with van der Waals surface area (Å²) in [5.74, 6) is -2.38. The smallest absolute Gasteiger partial charge is 0.341 e. The van der Waals surface area contributed by atoms with Crippen LogP contribution in [0.3, 0.4) is 0 Å². The second kappa shape index (κ2) is 4.36. The van der Waals surface area contributed by atoms with Gasteiger partial charge in [-0.2, -0.15) is 0 Å². The first-order chi connectivity index (χ1) is 6.61. The van der Waals surface area contributed by atoms with Gasteiger partial charge in [0.15, 0.2) is 6.61 Å². The Kier molecular flexibility index (Phi) is 3.17. The van der Waals surface area contributed by atoms with Crippen LogP contribution in [0.15, 0.2) is 24.3 Å². The Morgan fingerprint density at radius 2 is 2.00 bits per heavy atom. The van der Waals surface area contributed by atoms with E-state index in [0.717, 1.165) is 6.07 Å². The molecule has 0 saturated carbocycles. The average Bonchev–Trinajstić information content (AvgIpc) is 2.15. The molecule has 5 heteroatoms. The zero-order valence-electron chi connectivity index (χ0n) is 7.20. The topological polar surface area (TPSA) is 69.4 Å². The van der Waals surface area contributed by atoms with Gasteiger partial charge in [0.1, 0.15) is 5.82 Å². The summed E-state index contributed by atoms with van der Waals surface area (Å²) in [5, 5.41) is 0. The third kappa shape index (κ3) is 2.55. The number of nitrogens with two attached hydrogens (primary N) is 1. The first-order valence-corrected chi connectivity index (χ1v) is 3.81. The number of ether oxygens (including phenoxy) is 1. The van der Waals surface area contributed by atoms with Gasteiger partial charge >= 0.3 is 5.97 Å². The van der Waals surface area contributed by atoms with E-state index in [1.54, 1.807) is 0 Å². The molecule has 0 unspecified atom stereocenters. The summed E-state index contributed by atoms with van der Waals surface area (Å²) in [6, 6.07) is 5.32. The van der Waals surface area contributed by atoms with Crippen molar-refractivity contribution in [2.24, 2.45) is 5.73 Å². The number of amides is 1. The summed E-state index contributed by atoms with van der Waals surface area (Å²) < 4.78 is 17.4. The summed E-state index contributed by atoms with van der Waals surface area (Å²) in [6.07, 6.45) is 0. The molecular formula is C9H8FNO3. The second-order valence-corrected chi connectivity index (χ2v) is 2.52. The van der Waals surface area contributed by atoms with Crippen molar-refractivity contribution in [1.29, 1.82) is 0 Å². The molecule has 0 atom stereocenters. The lowest BCUT2D eigenvalue weighted by Gasteiger charge is -2.02. The van der Waals surface area contributed by atoms with Gasteiger partial charge in [-0.25, -0.2) is 9.18 Å². The highest BCUT2D eigenvalue weighted by atomic mass is 19.1. The van der Waals surface area contributed by atoms with Crippen LogP contribution >= 0.6 is 0 Å². The summed E-state index contributed by atoms with van der Waals surface area (Å²) in [4.78, 5) is 21.4. The number of carbonyl (C=O) groups is 2. The monoisotopic (exact) mass is 197 g/mol. The summed E-state index contributed by atoms with van der Waals surface area (Å²) in [7, 11) is 0. The fraction of sp³-hybridized carbons (Fsp3) is 0.111. The molecule has 0 aliphatic heterocycles. The van der Waals surface area contributed by atoms with Gasteiger partial charge in [0, 0.05) is 0 Å². The van der Waals surface area contributed by atoms with Gasteiger partial charge in [0.25, 0.3) is 5.91 Å². The minimum absolute atomic E-state index is 0.214. The highest BCUT2D eigenvalue weighted by Crippen LogP contribution is 2.07. The predicted octanol–water partition coefficient (Wildman–Crippen LogP) is 0.468. The van der Waals surface area contributed by atoms with E-state index >= 15 is 0 Å². The number of hydrogen-bond acceptors (Lipinski definition) is 3. The number of carbonyl (C=O) groups excluding carboxylic acids is 2. The van der Waals surface area contributed by atoms with Gasteiger partial charge in [0.05, 0.1) is 5.56 Å². The maximum absolute atomic E-state index is 12.9. The number of rotatable bonds is 3. The average molecular weight is 197 g/mol. The molecule has 4 nitrogen and oxygen atoms in total. The number of benzene rings is 1. The van der Waals surface area contributed by atoms with E-state index in [1.165, 1.54) is 18.2 Å². The molecule has 1 amide bonds. The van der Waals surface area contributed by atoms with Crippen LogP contribution in [0.2, 0.25) is 0 Å². The number of halogens is 1. The standard InChI is InChI=1S/C9H8FNO3/c10-7-4-2-1-3-6(7)9(13)14-5-8(11)12/h1-4H,5H2,(H2,11,12). The molecule has 0 spiro atoms. The highest BCUT2D eigenvalue weighted by molar-refractivity contribution is 5.91. The van der Waals surface area contributed by atoms with Crippen LogP contribution in [0, 0.1) is 5.82 Å². The SMILES string of the molecule is NC(=O)COC(=O)c1ccccc1F. The van der Waals surface area contributed by atoms with Crippen molar-refractivity contribution >= 4 is 11.9 Å². The van der Waals surface area contributed by atoms with Crippen LogP contribution in [-0.2, 0) is 9.53 Å². The lowest BCUT2D eigenvalue weighted by Crippen LogP contribution is -2.21. The van der Waals surface area contributed by atoms with E-state index < -0.39 is 24.3 Å². The van der Waals surface area contributed by atoms with Gasteiger partial charge in [-0.3, -0.25) is 4.79 Å². The van der Waals surface area contributed by atoms with E-state index in [0.29, 0.717) is 0 Å². The third-order valence-electron chi connectivity index (χ3n) is 1.44. The molecule has 0 aromatic heterocycles. The second-order valence-electron chi connectivity index (χ2n) is 2.52. The number of esters is 1. The molecule has 0 heterocycles. The van der Waals surface area contributed by atoms with E-state index in [1.807, 2.05) is 0 Å². The zero-order valence-corrected chi connectivity index (χ0v) is 7.20. The molecular weight excluding hydrogens is 189 g/mol. The van der Waals surface area contributed by atoms with Crippen LogP contribution in [0.1, 0.15) is 10.4 Å². The molecule has 0 aliphatic carbocycles. The number of hydrogen-bond donors (Lipinski definition) is 1. The summed E-state index contributed by atoms with van der Waals surface area (Å²) >= 11 is 0. The predicted molar refractivity (Wildman–Crippen MR) is 45.9 cm³/mol. The molecule has 0 saturated heterocycles. The molecule has 2 N–H and O–H groups in total.